The lowest BCUT2D eigenvalue weighted by molar-refractivity contribution is -0.131. The van der Waals surface area contributed by atoms with Crippen molar-refractivity contribution in [2.75, 3.05) is 6.54 Å². The van der Waals surface area contributed by atoms with Crippen LogP contribution in [0.3, 0.4) is 0 Å². The lowest BCUT2D eigenvalue weighted by Crippen LogP contribution is -2.56. The Morgan fingerprint density at radius 3 is 2.50 bits per heavy atom. The lowest BCUT2D eigenvalue weighted by atomic mass is 9.74. The van der Waals surface area contributed by atoms with Crippen LogP contribution in [0.4, 0.5) is 4.39 Å². The molecule has 0 spiro atoms. The second-order valence-corrected chi connectivity index (χ2v) is 9.80. The van der Waals surface area contributed by atoms with Gasteiger partial charge in [0.1, 0.15) is 5.67 Å². The molecule has 1 aromatic carbocycles. The molecule has 1 aliphatic heterocycles. The molecule has 0 radical (unpaired) electrons. The first-order valence-corrected chi connectivity index (χ1v) is 11.4. The third-order valence-electron chi connectivity index (χ3n) is 7.66. The molecule has 1 heterocycles. The fourth-order valence-corrected chi connectivity index (χ4v) is 5.71. The van der Waals surface area contributed by atoms with E-state index in [-0.39, 0.29) is 11.5 Å². The molecule has 4 rings (SSSR count). The van der Waals surface area contributed by atoms with Crippen molar-refractivity contribution in [3.05, 3.63) is 53.6 Å². The molecule has 30 heavy (non-hydrogen) atoms. The molecule has 162 valence electrons. The van der Waals surface area contributed by atoms with E-state index < -0.39 is 11.6 Å². The molecule has 3 nitrogen and oxygen atoms in total. The Morgan fingerprint density at radius 1 is 1.23 bits per heavy atom. The number of hydrogen-bond acceptors (Lipinski definition) is 2. The summed E-state index contributed by atoms with van der Waals surface area (Å²) < 4.78 is 15.3. The minimum atomic E-state index is -1.03. The van der Waals surface area contributed by atoms with Gasteiger partial charge in [-0.25, -0.2) is 9.18 Å². The zero-order chi connectivity index (χ0) is 21.4. The summed E-state index contributed by atoms with van der Waals surface area (Å²) in [5, 5.41) is 8.90. The van der Waals surface area contributed by atoms with Crippen LogP contribution < -0.4 is 0 Å². The Hall–Kier alpha value is -1.94. The molecule has 0 bridgehead atoms. The SMILES string of the molecule is CC1=C(c2ccccc2)CC(C)N(CC2(F)CCC2)C1C1(CC/C=C/C(=O)O)CC1. The average molecular weight is 412 g/mol. The van der Waals surface area contributed by atoms with Crippen LogP contribution in [-0.4, -0.2) is 40.3 Å². The van der Waals surface area contributed by atoms with Gasteiger partial charge in [0.05, 0.1) is 0 Å². The second-order valence-electron chi connectivity index (χ2n) is 9.80. The number of aliphatic carboxylic acids is 1. The van der Waals surface area contributed by atoms with Gasteiger partial charge in [0.2, 0.25) is 0 Å². The van der Waals surface area contributed by atoms with Crippen molar-refractivity contribution in [1.82, 2.24) is 4.90 Å². The molecule has 1 aromatic rings. The van der Waals surface area contributed by atoms with Gasteiger partial charge in [-0.15, -0.1) is 0 Å². The van der Waals surface area contributed by atoms with Crippen molar-refractivity contribution in [3.63, 3.8) is 0 Å². The summed E-state index contributed by atoms with van der Waals surface area (Å²) >= 11 is 0. The zero-order valence-corrected chi connectivity index (χ0v) is 18.2. The van der Waals surface area contributed by atoms with Crippen LogP contribution in [0.1, 0.15) is 70.8 Å². The monoisotopic (exact) mass is 411 g/mol. The Balaban J connectivity index is 1.65. The lowest BCUT2D eigenvalue weighted by Gasteiger charge is -2.50. The Bertz CT molecular complexity index is 836. The van der Waals surface area contributed by atoms with E-state index in [2.05, 4.69) is 49.1 Å². The van der Waals surface area contributed by atoms with Gasteiger partial charge >= 0.3 is 5.97 Å². The molecule has 2 aliphatic carbocycles. The standard InChI is InChI=1S/C26H34FNO2/c1-19-17-22(21-9-4-3-5-10-21)20(2)24(28(19)18-26(27)13-8-14-26)25(15-16-25)12-7-6-11-23(29)30/h3-6,9-11,19,24H,7-8,12-18H2,1-2H3,(H,29,30)/b11-6+. The molecule has 3 aliphatic rings. The highest BCUT2D eigenvalue weighted by molar-refractivity contribution is 5.79. The normalized spacial score (nSPS) is 27.8. The van der Waals surface area contributed by atoms with Crippen LogP contribution in [0, 0.1) is 5.41 Å². The number of allylic oxidation sites excluding steroid dienone is 1. The molecule has 0 amide bonds. The molecule has 0 aromatic heterocycles. The van der Waals surface area contributed by atoms with E-state index in [0.717, 1.165) is 38.5 Å². The number of hydrogen-bond donors (Lipinski definition) is 1. The highest BCUT2D eigenvalue weighted by atomic mass is 19.1. The van der Waals surface area contributed by atoms with Gasteiger partial charge in [0.25, 0.3) is 0 Å². The maximum absolute atomic E-state index is 15.3. The highest BCUT2D eigenvalue weighted by Crippen LogP contribution is 2.59. The summed E-state index contributed by atoms with van der Waals surface area (Å²) in [5.74, 6) is -0.889. The van der Waals surface area contributed by atoms with E-state index in [9.17, 15) is 4.79 Å². The number of carboxylic acid groups (broad SMARTS) is 1. The maximum atomic E-state index is 15.3. The first kappa shape index (κ1) is 21.3. The highest BCUT2D eigenvalue weighted by Gasteiger charge is 2.55. The summed E-state index contributed by atoms with van der Waals surface area (Å²) in [6.45, 7) is 5.04. The van der Waals surface area contributed by atoms with E-state index in [0.29, 0.717) is 25.4 Å². The molecule has 2 atom stereocenters. The van der Waals surface area contributed by atoms with Gasteiger partial charge in [0, 0.05) is 24.7 Å². The van der Waals surface area contributed by atoms with Crippen LogP contribution in [0.2, 0.25) is 0 Å². The Morgan fingerprint density at radius 2 is 1.93 bits per heavy atom. The van der Waals surface area contributed by atoms with Crippen LogP contribution >= 0.6 is 0 Å². The summed E-state index contributed by atoms with van der Waals surface area (Å²) in [4.78, 5) is 13.3. The molecule has 2 unspecified atom stereocenters. The van der Waals surface area contributed by atoms with Crippen LogP contribution in [0.25, 0.3) is 5.57 Å². The van der Waals surface area contributed by atoms with E-state index in [1.807, 2.05) is 0 Å². The second kappa shape index (κ2) is 8.30. The zero-order valence-electron chi connectivity index (χ0n) is 18.2. The van der Waals surface area contributed by atoms with E-state index in [4.69, 9.17) is 5.11 Å². The number of carbonyl (C=O) groups is 1. The van der Waals surface area contributed by atoms with Gasteiger partial charge in [-0.05, 0) is 81.8 Å². The van der Waals surface area contributed by atoms with Crippen molar-refractivity contribution >= 4 is 11.5 Å². The number of carboxylic acids is 1. The minimum absolute atomic E-state index is 0.141. The molecular formula is C26H34FNO2. The van der Waals surface area contributed by atoms with E-state index in [1.54, 1.807) is 6.08 Å². The number of halogens is 1. The largest absolute Gasteiger partial charge is 0.478 e. The predicted molar refractivity (Wildman–Crippen MR) is 119 cm³/mol. The predicted octanol–water partition coefficient (Wildman–Crippen LogP) is 6.02. The topological polar surface area (TPSA) is 40.5 Å². The molecule has 1 N–H and O–H groups in total. The van der Waals surface area contributed by atoms with Crippen LogP contribution in [0.15, 0.2) is 48.1 Å². The van der Waals surface area contributed by atoms with Gasteiger partial charge in [0.15, 0.2) is 0 Å². The number of rotatable bonds is 8. The average Bonchev–Trinajstić information content (AvgIpc) is 3.48. The van der Waals surface area contributed by atoms with E-state index in [1.165, 1.54) is 22.8 Å². The first-order valence-electron chi connectivity index (χ1n) is 11.4. The summed E-state index contributed by atoms with van der Waals surface area (Å²) in [6, 6.07) is 11.2. The molecule has 0 saturated heterocycles. The summed E-state index contributed by atoms with van der Waals surface area (Å²) in [6.07, 6.45) is 10.4. The van der Waals surface area contributed by atoms with Crippen LogP contribution in [-0.2, 0) is 4.79 Å². The van der Waals surface area contributed by atoms with Crippen molar-refractivity contribution < 1.29 is 14.3 Å². The van der Waals surface area contributed by atoms with Crippen molar-refractivity contribution in [3.8, 4) is 0 Å². The van der Waals surface area contributed by atoms with E-state index >= 15 is 4.39 Å². The summed E-state index contributed by atoms with van der Waals surface area (Å²) in [7, 11) is 0. The van der Waals surface area contributed by atoms with Gasteiger partial charge in [-0.1, -0.05) is 42.0 Å². The maximum Gasteiger partial charge on any atom is 0.327 e. The van der Waals surface area contributed by atoms with Gasteiger partial charge < -0.3 is 5.11 Å². The van der Waals surface area contributed by atoms with Crippen molar-refractivity contribution in [2.24, 2.45) is 5.41 Å². The smallest absolute Gasteiger partial charge is 0.327 e. The fraction of sp³-hybridized carbons (Fsp3) is 0.577. The van der Waals surface area contributed by atoms with Crippen LogP contribution in [0.5, 0.6) is 0 Å². The molecular weight excluding hydrogens is 377 g/mol. The van der Waals surface area contributed by atoms with Gasteiger partial charge in [-0.3, -0.25) is 4.90 Å². The Labute approximate surface area is 179 Å². The Kier molecular flexibility index (Phi) is 5.89. The minimum Gasteiger partial charge on any atom is -0.478 e. The van der Waals surface area contributed by atoms with Crippen molar-refractivity contribution in [1.29, 1.82) is 0 Å². The number of nitrogens with zero attached hydrogens (tertiary/aromatic N) is 1. The molecule has 4 heteroatoms. The fourth-order valence-electron chi connectivity index (χ4n) is 5.71. The quantitative estimate of drug-likeness (QED) is 0.532. The number of alkyl halides is 1. The van der Waals surface area contributed by atoms with Crippen molar-refractivity contribution in [2.45, 2.75) is 83.0 Å². The number of benzene rings is 1. The summed E-state index contributed by atoms with van der Waals surface area (Å²) in [5.41, 5.74) is 3.20. The third-order valence-corrected chi connectivity index (χ3v) is 7.66. The molecule has 2 fully saturated rings. The molecule has 2 saturated carbocycles. The first-order chi connectivity index (χ1) is 14.3. The third kappa shape index (κ3) is 4.25. The van der Waals surface area contributed by atoms with Gasteiger partial charge in [-0.2, -0.15) is 0 Å².